The maximum atomic E-state index is 9.59. The Morgan fingerprint density at radius 2 is 2.04 bits per heavy atom. The molecule has 1 aliphatic carbocycles. The van der Waals surface area contributed by atoms with Crippen LogP contribution in [0.5, 0.6) is 5.88 Å². The Hall–Kier alpha value is -3.21. The van der Waals surface area contributed by atoms with Crippen molar-refractivity contribution in [3.05, 3.63) is 40.8 Å². The average molecular weight is 375 g/mol. The van der Waals surface area contributed by atoms with Crippen molar-refractivity contribution in [3.63, 3.8) is 0 Å². The van der Waals surface area contributed by atoms with E-state index in [1.165, 1.54) is 5.56 Å². The molecule has 0 spiro atoms. The molecule has 8 heteroatoms. The zero-order chi connectivity index (χ0) is 19.1. The molecule has 3 aromatic heterocycles. The van der Waals surface area contributed by atoms with Crippen LogP contribution in [0.3, 0.4) is 0 Å². The molecule has 4 heterocycles. The minimum atomic E-state index is 0.269. The summed E-state index contributed by atoms with van der Waals surface area (Å²) < 4.78 is 7.02. The summed E-state index contributed by atoms with van der Waals surface area (Å²) in [5.74, 6) is 2.53. The van der Waals surface area contributed by atoms with E-state index in [4.69, 9.17) is 9.72 Å². The van der Waals surface area contributed by atoms with Crippen LogP contribution in [0.25, 0.3) is 5.65 Å². The number of nitriles is 1. The van der Waals surface area contributed by atoms with Crippen molar-refractivity contribution < 1.29 is 4.74 Å². The van der Waals surface area contributed by atoms with Gasteiger partial charge in [-0.3, -0.25) is 0 Å². The number of pyridine rings is 1. The molecule has 0 saturated carbocycles. The highest BCUT2D eigenvalue weighted by Gasteiger charge is 2.28. The van der Waals surface area contributed by atoms with Gasteiger partial charge in [-0.1, -0.05) is 0 Å². The monoisotopic (exact) mass is 375 g/mol. The molecular weight excluding hydrogens is 354 g/mol. The third kappa shape index (κ3) is 2.74. The van der Waals surface area contributed by atoms with Gasteiger partial charge in [0.1, 0.15) is 11.9 Å². The number of aryl methyl sites for hydroxylation is 2. The van der Waals surface area contributed by atoms with E-state index in [-0.39, 0.29) is 5.92 Å². The summed E-state index contributed by atoms with van der Waals surface area (Å²) in [6.07, 6.45) is 5.03. The fourth-order valence-electron chi connectivity index (χ4n) is 4.29. The van der Waals surface area contributed by atoms with Gasteiger partial charge in [-0.05, 0) is 49.8 Å². The van der Waals surface area contributed by atoms with E-state index in [0.29, 0.717) is 11.4 Å². The molecule has 0 radical (unpaired) electrons. The number of ether oxygens (including phenoxy) is 1. The molecule has 0 aromatic carbocycles. The van der Waals surface area contributed by atoms with Crippen molar-refractivity contribution in [2.45, 2.75) is 38.0 Å². The lowest BCUT2D eigenvalue weighted by atomic mass is 9.95. The first kappa shape index (κ1) is 16.9. The second-order valence-electron chi connectivity index (χ2n) is 7.40. The summed E-state index contributed by atoms with van der Waals surface area (Å²) in [5.41, 5.74) is 3.82. The third-order valence-electron chi connectivity index (χ3n) is 5.78. The van der Waals surface area contributed by atoms with Gasteiger partial charge in [-0.15, -0.1) is 15.3 Å². The van der Waals surface area contributed by atoms with E-state index in [9.17, 15) is 5.26 Å². The van der Waals surface area contributed by atoms with Crippen molar-refractivity contribution >= 4 is 11.5 Å². The topological polar surface area (TPSA) is 92.2 Å². The third-order valence-corrected chi connectivity index (χ3v) is 5.78. The van der Waals surface area contributed by atoms with Gasteiger partial charge in [-0.25, -0.2) is 4.98 Å². The van der Waals surface area contributed by atoms with Crippen LogP contribution in [0.4, 0.5) is 5.82 Å². The van der Waals surface area contributed by atoms with Crippen LogP contribution < -0.4 is 9.64 Å². The average Bonchev–Trinajstić information content (AvgIpc) is 3.38. The van der Waals surface area contributed by atoms with Crippen molar-refractivity contribution in [1.82, 2.24) is 24.8 Å². The van der Waals surface area contributed by atoms with Gasteiger partial charge < -0.3 is 9.64 Å². The van der Waals surface area contributed by atoms with Crippen LogP contribution >= 0.6 is 0 Å². The summed E-state index contributed by atoms with van der Waals surface area (Å²) in [6.45, 7) is 1.67. The van der Waals surface area contributed by atoms with Crippen molar-refractivity contribution in [3.8, 4) is 11.9 Å². The van der Waals surface area contributed by atoms with Gasteiger partial charge >= 0.3 is 0 Å². The number of fused-ring (bicyclic) bond motifs is 2. The van der Waals surface area contributed by atoms with E-state index in [1.54, 1.807) is 17.7 Å². The zero-order valence-electron chi connectivity index (χ0n) is 15.8. The standard InChI is InChI=1S/C20H21N7O/c1-28-18-6-5-17-23-24-20(27(17)25-18)13-7-9-26(10-8-13)19-15(12-21)11-14-3-2-4-16(14)22-19/h5-6,11,13H,2-4,7-10H2,1H3. The molecule has 8 nitrogen and oxygen atoms in total. The molecule has 3 aromatic rings. The summed E-state index contributed by atoms with van der Waals surface area (Å²) in [4.78, 5) is 7.09. The SMILES string of the molecule is COc1ccc2nnc(C3CCN(c4nc5c(cc4C#N)CCC5)CC3)n2n1. The van der Waals surface area contributed by atoms with Gasteiger partial charge in [0.2, 0.25) is 5.88 Å². The summed E-state index contributed by atoms with van der Waals surface area (Å²) in [7, 11) is 1.60. The summed E-state index contributed by atoms with van der Waals surface area (Å²) in [6, 6.07) is 8.04. The minimum Gasteiger partial charge on any atom is -0.480 e. The Labute approximate surface area is 162 Å². The first-order chi connectivity index (χ1) is 13.8. The molecule has 0 N–H and O–H groups in total. The highest BCUT2D eigenvalue weighted by atomic mass is 16.5. The Kier molecular flexibility index (Phi) is 4.08. The van der Waals surface area contributed by atoms with E-state index in [0.717, 1.165) is 68.2 Å². The van der Waals surface area contributed by atoms with Crippen LogP contribution in [0.2, 0.25) is 0 Å². The zero-order valence-corrected chi connectivity index (χ0v) is 15.8. The molecular formula is C20H21N7O. The minimum absolute atomic E-state index is 0.269. The Balaban J connectivity index is 1.38. The number of aromatic nitrogens is 5. The smallest absolute Gasteiger partial charge is 0.231 e. The Morgan fingerprint density at radius 1 is 1.18 bits per heavy atom. The van der Waals surface area contributed by atoms with Gasteiger partial charge in [0.25, 0.3) is 0 Å². The molecule has 2 aliphatic rings. The molecule has 0 atom stereocenters. The largest absolute Gasteiger partial charge is 0.480 e. The number of piperidine rings is 1. The highest BCUT2D eigenvalue weighted by Crippen LogP contribution is 2.32. The summed E-state index contributed by atoms with van der Waals surface area (Å²) in [5, 5.41) is 22.7. The van der Waals surface area contributed by atoms with E-state index in [2.05, 4.69) is 26.3 Å². The van der Waals surface area contributed by atoms with E-state index in [1.807, 2.05) is 12.1 Å². The lowest BCUT2D eigenvalue weighted by Gasteiger charge is -2.32. The van der Waals surface area contributed by atoms with Crippen molar-refractivity contribution in [2.75, 3.05) is 25.1 Å². The van der Waals surface area contributed by atoms with Crippen molar-refractivity contribution in [2.24, 2.45) is 0 Å². The number of anilines is 1. The van der Waals surface area contributed by atoms with Crippen LogP contribution in [0, 0.1) is 11.3 Å². The molecule has 28 heavy (non-hydrogen) atoms. The Morgan fingerprint density at radius 3 is 2.82 bits per heavy atom. The molecule has 5 rings (SSSR count). The maximum absolute atomic E-state index is 9.59. The van der Waals surface area contributed by atoms with Crippen LogP contribution in [-0.4, -0.2) is 45.0 Å². The second kappa shape index (κ2) is 6.75. The van der Waals surface area contributed by atoms with Crippen LogP contribution in [-0.2, 0) is 12.8 Å². The molecule has 1 fully saturated rings. The predicted octanol–water partition coefficient (Wildman–Crippen LogP) is 2.27. The number of nitrogens with zero attached hydrogens (tertiary/aromatic N) is 7. The number of rotatable bonds is 3. The van der Waals surface area contributed by atoms with Gasteiger partial charge in [0.05, 0.1) is 12.7 Å². The normalized spacial score (nSPS) is 16.9. The van der Waals surface area contributed by atoms with Crippen molar-refractivity contribution in [1.29, 1.82) is 5.26 Å². The van der Waals surface area contributed by atoms with Crippen LogP contribution in [0.15, 0.2) is 18.2 Å². The molecule has 1 saturated heterocycles. The molecule has 142 valence electrons. The van der Waals surface area contributed by atoms with E-state index < -0.39 is 0 Å². The predicted molar refractivity (Wildman–Crippen MR) is 102 cm³/mol. The van der Waals surface area contributed by atoms with Crippen LogP contribution in [0.1, 0.15) is 47.8 Å². The first-order valence-electron chi connectivity index (χ1n) is 9.71. The highest BCUT2D eigenvalue weighted by molar-refractivity contribution is 5.57. The quantitative estimate of drug-likeness (QED) is 0.693. The fourth-order valence-corrected chi connectivity index (χ4v) is 4.29. The van der Waals surface area contributed by atoms with Gasteiger partial charge in [0.15, 0.2) is 11.5 Å². The molecule has 0 unspecified atom stereocenters. The fraction of sp³-hybridized carbons (Fsp3) is 0.450. The van der Waals surface area contributed by atoms with Gasteiger partial charge in [0, 0.05) is 30.8 Å². The number of methoxy groups -OCH3 is 1. The van der Waals surface area contributed by atoms with E-state index >= 15 is 0 Å². The number of hydrogen-bond acceptors (Lipinski definition) is 7. The Bertz CT molecular complexity index is 1080. The molecule has 0 amide bonds. The lowest BCUT2D eigenvalue weighted by Crippen LogP contribution is -2.34. The summed E-state index contributed by atoms with van der Waals surface area (Å²) >= 11 is 0. The maximum Gasteiger partial charge on any atom is 0.231 e. The molecule has 0 bridgehead atoms. The second-order valence-corrected chi connectivity index (χ2v) is 7.40. The van der Waals surface area contributed by atoms with Gasteiger partial charge in [-0.2, -0.15) is 9.78 Å². The number of hydrogen-bond donors (Lipinski definition) is 0. The molecule has 1 aliphatic heterocycles. The lowest BCUT2D eigenvalue weighted by molar-refractivity contribution is 0.386. The first-order valence-corrected chi connectivity index (χ1v) is 9.71.